The van der Waals surface area contributed by atoms with E-state index in [4.69, 9.17) is 0 Å². The number of hydrogen-bond donors (Lipinski definition) is 2. The first-order chi connectivity index (χ1) is 13.7. The zero-order valence-corrected chi connectivity index (χ0v) is 15.5. The van der Waals surface area contributed by atoms with Crippen molar-refractivity contribution in [1.82, 2.24) is 9.47 Å². The molecular weight excluding hydrogens is 353 g/mol. The molecule has 1 unspecified atom stereocenters. The van der Waals surface area contributed by atoms with Gasteiger partial charge in [0, 0.05) is 31.4 Å². The standard InChI is InChI=1S/C23H22FN3O/c24-19-7-5-17(6-8-19)18-9-11-26(12-10-18)14-16-13-22-25-23(28)20-3-1-2-4-21(20)27(22)15-16/h1-9,13,15,23,25,28H,10-12,14H2. The Bertz CT molecular complexity index is 1040. The van der Waals surface area contributed by atoms with Crippen LogP contribution in [-0.2, 0) is 6.54 Å². The number of aromatic nitrogens is 1. The molecule has 1 atom stereocenters. The lowest BCUT2D eigenvalue weighted by Gasteiger charge is -2.26. The van der Waals surface area contributed by atoms with E-state index in [0.29, 0.717) is 0 Å². The van der Waals surface area contributed by atoms with Crippen LogP contribution in [0.25, 0.3) is 11.3 Å². The summed E-state index contributed by atoms with van der Waals surface area (Å²) < 4.78 is 15.2. The number of rotatable bonds is 3. The van der Waals surface area contributed by atoms with Crippen LogP contribution in [0.5, 0.6) is 0 Å². The molecule has 2 aromatic carbocycles. The molecule has 4 nitrogen and oxygen atoms in total. The van der Waals surface area contributed by atoms with Gasteiger partial charge in [-0.2, -0.15) is 0 Å². The number of anilines is 1. The Morgan fingerprint density at radius 1 is 1.11 bits per heavy atom. The van der Waals surface area contributed by atoms with E-state index in [9.17, 15) is 9.50 Å². The highest BCUT2D eigenvalue weighted by atomic mass is 19.1. The number of nitrogens with zero attached hydrogens (tertiary/aromatic N) is 2. The molecule has 0 fully saturated rings. The third-order valence-electron chi connectivity index (χ3n) is 5.57. The minimum atomic E-state index is -0.678. The van der Waals surface area contributed by atoms with Gasteiger partial charge in [-0.1, -0.05) is 36.4 Å². The highest BCUT2D eigenvalue weighted by Crippen LogP contribution is 2.33. The zero-order valence-electron chi connectivity index (χ0n) is 15.5. The second-order valence-corrected chi connectivity index (χ2v) is 7.43. The van der Waals surface area contributed by atoms with Crippen LogP contribution in [0, 0.1) is 5.82 Å². The number of nitrogens with one attached hydrogen (secondary N) is 1. The van der Waals surface area contributed by atoms with Crippen molar-refractivity contribution in [3.63, 3.8) is 0 Å². The molecule has 0 saturated heterocycles. The minimum Gasteiger partial charge on any atom is -0.369 e. The van der Waals surface area contributed by atoms with Crippen LogP contribution in [0.2, 0.25) is 0 Å². The molecule has 0 spiro atoms. The number of halogens is 1. The van der Waals surface area contributed by atoms with Gasteiger partial charge in [0.1, 0.15) is 11.6 Å². The summed E-state index contributed by atoms with van der Waals surface area (Å²) in [7, 11) is 0. The van der Waals surface area contributed by atoms with Gasteiger partial charge in [-0.25, -0.2) is 4.39 Å². The van der Waals surface area contributed by atoms with Gasteiger partial charge in [0.2, 0.25) is 0 Å². The van der Waals surface area contributed by atoms with Crippen molar-refractivity contribution in [2.24, 2.45) is 0 Å². The maximum atomic E-state index is 13.1. The van der Waals surface area contributed by atoms with E-state index in [2.05, 4.69) is 33.1 Å². The molecule has 0 radical (unpaired) electrons. The fraction of sp³-hybridized carbons (Fsp3) is 0.217. The molecule has 0 saturated carbocycles. The number of hydrogen-bond acceptors (Lipinski definition) is 3. The van der Waals surface area contributed by atoms with Gasteiger partial charge in [0.15, 0.2) is 6.23 Å². The van der Waals surface area contributed by atoms with Crippen molar-refractivity contribution in [2.45, 2.75) is 19.2 Å². The Hall–Kier alpha value is -2.89. The molecule has 2 N–H and O–H groups in total. The lowest BCUT2D eigenvalue weighted by molar-refractivity contribution is 0.204. The van der Waals surface area contributed by atoms with E-state index < -0.39 is 6.23 Å². The first-order valence-corrected chi connectivity index (χ1v) is 9.60. The van der Waals surface area contributed by atoms with E-state index in [1.807, 2.05) is 36.4 Å². The summed E-state index contributed by atoms with van der Waals surface area (Å²) >= 11 is 0. The fourth-order valence-corrected chi connectivity index (χ4v) is 4.11. The van der Waals surface area contributed by atoms with E-state index >= 15 is 0 Å². The summed E-state index contributed by atoms with van der Waals surface area (Å²) in [6.07, 6.45) is 4.66. The van der Waals surface area contributed by atoms with Gasteiger partial charge in [-0.3, -0.25) is 4.90 Å². The first kappa shape index (κ1) is 17.2. The van der Waals surface area contributed by atoms with Crippen LogP contribution >= 0.6 is 0 Å². The molecule has 0 aliphatic carbocycles. The SMILES string of the molecule is OC1Nc2cc(CN3CC=C(c4ccc(F)cc4)CC3)cn2-c2ccccc21. The summed E-state index contributed by atoms with van der Waals surface area (Å²) in [6.45, 7) is 2.70. The molecule has 1 aromatic heterocycles. The topological polar surface area (TPSA) is 40.4 Å². The normalized spacial score (nSPS) is 18.8. The number of benzene rings is 2. The van der Waals surface area contributed by atoms with Crippen molar-refractivity contribution in [2.75, 3.05) is 18.4 Å². The fourth-order valence-electron chi connectivity index (χ4n) is 4.11. The Balaban J connectivity index is 1.32. The van der Waals surface area contributed by atoms with Gasteiger partial charge in [0.25, 0.3) is 0 Å². The Labute approximate surface area is 163 Å². The second-order valence-electron chi connectivity index (χ2n) is 7.43. The van der Waals surface area contributed by atoms with Crippen molar-refractivity contribution in [3.8, 4) is 5.69 Å². The van der Waals surface area contributed by atoms with E-state index in [1.165, 1.54) is 23.3 Å². The average Bonchev–Trinajstić information content (AvgIpc) is 3.12. The van der Waals surface area contributed by atoms with Gasteiger partial charge in [-0.05, 0) is 47.4 Å². The van der Waals surface area contributed by atoms with Crippen LogP contribution in [0.3, 0.4) is 0 Å². The molecule has 2 aliphatic heterocycles. The van der Waals surface area contributed by atoms with Gasteiger partial charge in [0.05, 0.1) is 5.69 Å². The Morgan fingerprint density at radius 2 is 1.93 bits per heavy atom. The van der Waals surface area contributed by atoms with Crippen molar-refractivity contribution in [1.29, 1.82) is 0 Å². The highest BCUT2D eigenvalue weighted by molar-refractivity contribution is 5.66. The van der Waals surface area contributed by atoms with Crippen molar-refractivity contribution in [3.05, 3.63) is 89.4 Å². The molecular formula is C23H22FN3O. The number of fused-ring (bicyclic) bond motifs is 3. The first-order valence-electron chi connectivity index (χ1n) is 9.60. The monoisotopic (exact) mass is 375 g/mol. The molecule has 5 heteroatoms. The lowest BCUT2D eigenvalue weighted by atomic mass is 9.99. The molecule has 28 heavy (non-hydrogen) atoms. The smallest absolute Gasteiger partial charge is 0.153 e. The third-order valence-corrected chi connectivity index (χ3v) is 5.57. The minimum absolute atomic E-state index is 0.195. The van der Waals surface area contributed by atoms with Crippen LogP contribution in [0.1, 0.15) is 29.3 Å². The van der Waals surface area contributed by atoms with E-state index in [0.717, 1.165) is 48.7 Å². The molecule has 3 aromatic rings. The maximum Gasteiger partial charge on any atom is 0.153 e. The van der Waals surface area contributed by atoms with Crippen molar-refractivity contribution < 1.29 is 9.50 Å². The summed E-state index contributed by atoms with van der Waals surface area (Å²) in [5.74, 6) is 0.723. The summed E-state index contributed by atoms with van der Waals surface area (Å²) in [5.41, 5.74) is 5.51. The highest BCUT2D eigenvalue weighted by Gasteiger charge is 2.23. The Kier molecular flexibility index (Phi) is 4.26. The quantitative estimate of drug-likeness (QED) is 0.716. The predicted octanol–water partition coefficient (Wildman–Crippen LogP) is 4.32. The molecule has 5 rings (SSSR count). The zero-order chi connectivity index (χ0) is 19.1. The van der Waals surface area contributed by atoms with Crippen LogP contribution in [0.15, 0.2) is 66.9 Å². The van der Waals surface area contributed by atoms with E-state index in [1.54, 1.807) is 0 Å². The maximum absolute atomic E-state index is 13.1. The molecule has 2 aliphatic rings. The van der Waals surface area contributed by atoms with Gasteiger partial charge >= 0.3 is 0 Å². The van der Waals surface area contributed by atoms with Crippen molar-refractivity contribution >= 4 is 11.4 Å². The molecule has 0 bridgehead atoms. The number of para-hydroxylation sites is 1. The van der Waals surface area contributed by atoms with E-state index in [-0.39, 0.29) is 5.82 Å². The summed E-state index contributed by atoms with van der Waals surface area (Å²) in [4.78, 5) is 2.40. The summed E-state index contributed by atoms with van der Waals surface area (Å²) in [6, 6.07) is 16.8. The third kappa shape index (κ3) is 3.13. The number of aliphatic hydroxyl groups is 1. The Morgan fingerprint density at radius 3 is 2.71 bits per heavy atom. The molecule has 142 valence electrons. The van der Waals surface area contributed by atoms with Crippen LogP contribution in [0.4, 0.5) is 10.2 Å². The molecule has 3 heterocycles. The number of aliphatic hydroxyl groups excluding tert-OH is 1. The molecule has 0 amide bonds. The van der Waals surface area contributed by atoms with Gasteiger partial charge < -0.3 is 15.0 Å². The average molecular weight is 375 g/mol. The largest absolute Gasteiger partial charge is 0.369 e. The second kappa shape index (κ2) is 6.93. The predicted molar refractivity (Wildman–Crippen MR) is 109 cm³/mol. The summed E-state index contributed by atoms with van der Waals surface area (Å²) in [5, 5.41) is 13.5. The van der Waals surface area contributed by atoms with Crippen LogP contribution in [-0.4, -0.2) is 27.7 Å². The lowest BCUT2D eigenvalue weighted by Crippen LogP contribution is -2.27. The van der Waals surface area contributed by atoms with Gasteiger partial charge in [-0.15, -0.1) is 0 Å². The van der Waals surface area contributed by atoms with Crippen LogP contribution < -0.4 is 5.32 Å².